The molecule has 0 aromatic heterocycles. The van der Waals surface area contributed by atoms with Crippen LogP contribution in [0.3, 0.4) is 0 Å². The van der Waals surface area contributed by atoms with Crippen LogP contribution in [0.4, 0.5) is 4.39 Å². The van der Waals surface area contributed by atoms with E-state index in [-0.39, 0.29) is 11.5 Å². The van der Waals surface area contributed by atoms with Crippen LogP contribution in [0.2, 0.25) is 0 Å². The van der Waals surface area contributed by atoms with Crippen LogP contribution in [0.5, 0.6) is 5.75 Å². The second-order valence-electron chi connectivity index (χ2n) is 7.89. The van der Waals surface area contributed by atoms with E-state index in [2.05, 4.69) is 11.3 Å². The number of rotatable bonds is 9. The second-order valence-corrected chi connectivity index (χ2v) is 9.74. The van der Waals surface area contributed by atoms with Gasteiger partial charge in [-0.05, 0) is 55.7 Å². The Balaban J connectivity index is 1.68. The molecule has 2 fully saturated rings. The predicted octanol–water partition coefficient (Wildman–Crippen LogP) is 4.66. The van der Waals surface area contributed by atoms with Gasteiger partial charge in [-0.3, -0.25) is 0 Å². The van der Waals surface area contributed by atoms with Gasteiger partial charge in [-0.2, -0.15) is 0 Å². The molecule has 150 valence electrons. The summed E-state index contributed by atoms with van der Waals surface area (Å²) in [5.41, 5.74) is 0.163. The average molecular weight is 396 g/mol. The second kappa shape index (κ2) is 8.74. The van der Waals surface area contributed by atoms with E-state index >= 15 is 0 Å². The minimum atomic E-state index is -3.40. The summed E-state index contributed by atoms with van der Waals surface area (Å²) in [6.45, 7) is 4.10. The van der Waals surface area contributed by atoms with Gasteiger partial charge >= 0.3 is 0 Å². The van der Waals surface area contributed by atoms with Crippen LogP contribution in [-0.2, 0) is 15.6 Å². The van der Waals surface area contributed by atoms with Gasteiger partial charge in [-0.25, -0.2) is 17.5 Å². The average Bonchev–Trinajstić information content (AvgIpc) is 3.44. The Labute approximate surface area is 162 Å². The van der Waals surface area contributed by atoms with Gasteiger partial charge < -0.3 is 4.74 Å². The Hall–Kier alpha value is -1.40. The molecule has 0 unspecified atom stereocenters. The highest BCUT2D eigenvalue weighted by atomic mass is 32.2. The maximum Gasteiger partial charge on any atom is 0.212 e. The lowest BCUT2D eigenvalue weighted by Crippen LogP contribution is -2.36. The van der Waals surface area contributed by atoms with Crippen molar-refractivity contribution in [3.05, 3.63) is 42.2 Å². The van der Waals surface area contributed by atoms with Crippen molar-refractivity contribution in [2.75, 3.05) is 12.4 Å². The normalized spacial score (nSPS) is 20.0. The number of nitrogens with one attached hydrogen (secondary N) is 1. The summed E-state index contributed by atoms with van der Waals surface area (Å²) in [7, 11) is -3.40. The molecule has 6 heteroatoms. The van der Waals surface area contributed by atoms with Crippen molar-refractivity contribution in [2.24, 2.45) is 5.92 Å². The summed E-state index contributed by atoms with van der Waals surface area (Å²) >= 11 is 0. The Kier molecular flexibility index (Phi) is 6.58. The summed E-state index contributed by atoms with van der Waals surface area (Å²) in [5.74, 6) is 0.332. The number of hydrogen-bond acceptors (Lipinski definition) is 3. The van der Waals surface area contributed by atoms with Crippen LogP contribution in [0.1, 0.15) is 63.4 Å². The fourth-order valence-electron chi connectivity index (χ4n) is 3.81. The van der Waals surface area contributed by atoms with E-state index in [4.69, 9.17) is 4.74 Å². The molecule has 0 spiro atoms. The first-order valence-corrected chi connectivity index (χ1v) is 11.6. The van der Waals surface area contributed by atoms with Crippen molar-refractivity contribution < 1.29 is 17.5 Å². The molecule has 0 bridgehead atoms. The topological polar surface area (TPSA) is 55.4 Å². The van der Waals surface area contributed by atoms with Gasteiger partial charge in [-0.15, -0.1) is 6.58 Å². The Bertz CT molecular complexity index is 751. The molecule has 0 heterocycles. The van der Waals surface area contributed by atoms with Gasteiger partial charge in [0.15, 0.2) is 11.6 Å². The third-order valence-corrected chi connectivity index (χ3v) is 7.10. The highest BCUT2D eigenvalue weighted by Crippen LogP contribution is 2.47. The van der Waals surface area contributed by atoms with Gasteiger partial charge in [0.05, 0.1) is 17.9 Å². The maximum absolute atomic E-state index is 14.2. The summed E-state index contributed by atoms with van der Waals surface area (Å²) in [4.78, 5) is 0. The molecule has 27 heavy (non-hydrogen) atoms. The molecular weight excluding hydrogens is 365 g/mol. The van der Waals surface area contributed by atoms with Gasteiger partial charge in [0.25, 0.3) is 0 Å². The first-order chi connectivity index (χ1) is 12.9. The molecule has 0 radical (unpaired) electrons. The summed E-state index contributed by atoms with van der Waals surface area (Å²) in [6.07, 6.45) is 10.7. The molecule has 2 aliphatic rings. The van der Waals surface area contributed by atoms with Crippen LogP contribution in [0, 0.1) is 11.7 Å². The molecule has 0 saturated heterocycles. The molecule has 2 saturated carbocycles. The zero-order valence-corrected chi connectivity index (χ0v) is 16.7. The maximum atomic E-state index is 14.2. The van der Waals surface area contributed by atoms with E-state index < -0.39 is 21.4 Å². The number of hydrogen-bond donors (Lipinski definition) is 1. The predicted molar refractivity (Wildman–Crippen MR) is 106 cm³/mol. The number of sulfonamides is 1. The van der Waals surface area contributed by atoms with Crippen LogP contribution < -0.4 is 9.46 Å². The quantitative estimate of drug-likeness (QED) is 0.489. The van der Waals surface area contributed by atoms with Crippen molar-refractivity contribution in [1.29, 1.82) is 0 Å². The van der Waals surface area contributed by atoms with Crippen LogP contribution >= 0.6 is 0 Å². The fraction of sp³-hybridized carbons (Fsp3) is 0.619. The van der Waals surface area contributed by atoms with E-state index in [1.54, 1.807) is 18.2 Å². The van der Waals surface area contributed by atoms with Crippen molar-refractivity contribution in [1.82, 2.24) is 4.72 Å². The van der Waals surface area contributed by atoms with Crippen molar-refractivity contribution in [2.45, 2.75) is 63.3 Å². The minimum absolute atomic E-state index is 0.0183. The molecule has 1 N–H and O–H groups in total. The smallest absolute Gasteiger partial charge is 0.212 e. The first kappa shape index (κ1) is 20.3. The molecule has 4 nitrogen and oxygen atoms in total. The van der Waals surface area contributed by atoms with Crippen LogP contribution in [-0.4, -0.2) is 20.8 Å². The number of ether oxygens (including phenoxy) is 1. The summed E-state index contributed by atoms with van der Waals surface area (Å²) in [5, 5.41) is 0. The molecule has 0 aliphatic heterocycles. The molecule has 3 rings (SSSR count). The number of benzene rings is 1. The van der Waals surface area contributed by atoms with E-state index in [0.29, 0.717) is 31.8 Å². The molecule has 1 aromatic rings. The standard InChI is InChI=1S/C21H30FNO3S/c1-2-3-14-27(24,25)23-21(12-13-21)18-10-11-19(22)20(15-18)26-16-17-8-6-4-5-7-9-17/h2,10-11,15,17,23H,1,3-9,12-14,16H2. The summed E-state index contributed by atoms with van der Waals surface area (Å²) in [6, 6.07) is 4.72. The first-order valence-electron chi connectivity index (χ1n) is 9.99. The van der Waals surface area contributed by atoms with E-state index in [1.807, 2.05) is 0 Å². The van der Waals surface area contributed by atoms with Crippen molar-refractivity contribution >= 4 is 10.0 Å². The van der Waals surface area contributed by atoms with Crippen molar-refractivity contribution in [3.63, 3.8) is 0 Å². The lowest BCUT2D eigenvalue weighted by atomic mass is 10.0. The molecule has 0 atom stereocenters. The monoisotopic (exact) mass is 395 g/mol. The number of halogens is 1. The highest BCUT2D eigenvalue weighted by Gasteiger charge is 2.47. The minimum Gasteiger partial charge on any atom is -0.490 e. The van der Waals surface area contributed by atoms with E-state index in [1.165, 1.54) is 31.7 Å². The van der Waals surface area contributed by atoms with Gasteiger partial charge in [0.2, 0.25) is 10.0 Å². The van der Waals surface area contributed by atoms with Gasteiger partial charge in [-0.1, -0.05) is 37.8 Å². The zero-order valence-electron chi connectivity index (χ0n) is 15.9. The summed E-state index contributed by atoms with van der Waals surface area (Å²) < 4.78 is 47.4. The molecule has 0 amide bonds. The van der Waals surface area contributed by atoms with Crippen LogP contribution in [0.15, 0.2) is 30.9 Å². The van der Waals surface area contributed by atoms with Gasteiger partial charge in [0, 0.05) is 0 Å². The Morgan fingerprint density at radius 2 is 1.93 bits per heavy atom. The highest BCUT2D eigenvalue weighted by molar-refractivity contribution is 7.89. The zero-order chi connectivity index (χ0) is 19.3. The van der Waals surface area contributed by atoms with Gasteiger partial charge in [0.1, 0.15) is 0 Å². The third kappa shape index (κ3) is 5.55. The largest absolute Gasteiger partial charge is 0.490 e. The Morgan fingerprint density at radius 3 is 2.56 bits per heavy atom. The van der Waals surface area contributed by atoms with E-state index in [9.17, 15) is 12.8 Å². The Morgan fingerprint density at radius 1 is 1.22 bits per heavy atom. The SMILES string of the molecule is C=CCCS(=O)(=O)NC1(c2ccc(F)c(OCC3CCCCCC3)c2)CC1. The molecule has 1 aromatic carbocycles. The molecular formula is C21H30FNO3S. The fourth-order valence-corrected chi connectivity index (χ4v) is 5.31. The van der Waals surface area contributed by atoms with E-state index in [0.717, 1.165) is 18.4 Å². The lowest BCUT2D eigenvalue weighted by Gasteiger charge is -2.20. The molecule has 2 aliphatic carbocycles. The third-order valence-electron chi connectivity index (χ3n) is 5.62. The van der Waals surface area contributed by atoms with Crippen molar-refractivity contribution in [3.8, 4) is 5.75 Å². The number of allylic oxidation sites excluding steroid dienone is 1. The van der Waals surface area contributed by atoms with Crippen LogP contribution in [0.25, 0.3) is 0 Å². The lowest BCUT2D eigenvalue weighted by molar-refractivity contribution is 0.225.